The molecule has 31 heavy (non-hydrogen) atoms. The number of rotatable bonds is 3. The fourth-order valence-corrected chi connectivity index (χ4v) is 4.19. The summed E-state index contributed by atoms with van der Waals surface area (Å²) in [5.41, 5.74) is 0.384. The number of carbonyl (C=O) groups is 2. The standard InChI is InChI=1S/C19H23F3N4O5/c1-11-9-12(3-4-15(11)26(29)30)13-10-14(23-16(13)19(20,21)22)17(27)24-5-7-25(8-6-24)18(28)31-2/h3-4,9,13-14,16,23H,5-8,10H2,1-2H3. The van der Waals surface area contributed by atoms with Crippen molar-refractivity contribution in [3.05, 3.63) is 39.4 Å². The number of nitrogens with one attached hydrogen (secondary N) is 1. The van der Waals surface area contributed by atoms with Gasteiger partial charge in [-0.3, -0.25) is 20.2 Å². The maximum absolute atomic E-state index is 13.7. The molecular weight excluding hydrogens is 421 g/mol. The number of methoxy groups -OCH3 is 1. The molecule has 2 saturated heterocycles. The van der Waals surface area contributed by atoms with E-state index >= 15 is 0 Å². The molecule has 2 heterocycles. The second-order valence-corrected chi connectivity index (χ2v) is 7.67. The molecule has 0 spiro atoms. The molecule has 3 unspecified atom stereocenters. The van der Waals surface area contributed by atoms with Gasteiger partial charge in [0, 0.05) is 43.7 Å². The molecule has 3 atom stereocenters. The van der Waals surface area contributed by atoms with E-state index in [1.807, 2.05) is 0 Å². The Balaban J connectivity index is 1.76. The van der Waals surface area contributed by atoms with Gasteiger partial charge in [-0.2, -0.15) is 13.2 Å². The second kappa shape index (κ2) is 8.69. The van der Waals surface area contributed by atoms with Crippen LogP contribution in [0.1, 0.15) is 23.5 Å². The maximum Gasteiger partial charge on any atom is 0.409 e. The average Bonchev–Trinajstić information content (AvgIpc) is 3.18. The topological polar surface area (TPSA) is 105 Å². The SMILES string of the molecule is COC(=O)N1CCN(C(=O)C2CC(c3ccc([N+](=O)[O-])c(C)c3)C(C(F)(F)F)N2)CC1. The number of carbonyl (C=O) groups excluding carboxylic acids is 2. The van der Waals surface area contributed by atoms with E-state index in [-0.39, 0.29) is 43.9 Å². The van der Waals surface area contributed by atoms with E-state index < -0.39 is 41.1 Å². The highest BCUT2D eigenvalue weighted by Crippen LogP contribution is 2.40. The Hall–Kier alpha value is -2.89. The first kappa shape index (κ1) is 22.8. The van der Waals surface area contributed by atoms with E-state index in [1.54, 1.807) is 0 Å². The zero-order chi connectivity index (χ0) is 22.9. The van der Waals surface area contributed by atoms with E-state index in [2.05, 4.69) is 10.1 Å². The molecule has 0 saturated carbocycles. The van der Waals surface area contributed by atoms with Crippen molar-refractivity contribution in [2.45, 2.75) is 37.5 Å². The van der Waals surface area contributed by atoms with Crippen LogP contribution in [0.4, 0.5) is 23.7 Å². The monoisotopic (exact) mass is 444 g/mol. The summed E-state index contributed by atoms with van der Waals surface area (Å²) in [6.45, 7) is 2.34. The van der Waals surface area contributed by atoms with Crippen molar-refractivity contribution in [3.63, 3.8) is 0 Å². The molecule has 3 rings (SSSR count). The smallest absolute Gasteiger partial charge is 0.409 e. The number of nitro benzene ring substituents is 1. The number of alkyl halides is 3. The number of hydrogen-bond acceptors (Lipinski definition) is 6. The minimum absolute atomic E-state index is 0.0858. The minimum Gasteiger partial charge on any atom is -0.453 e. The van der Waals surface area contributed by atoms with Crippen molar-refractivity contribution in [2.75, 3.05) is 33.3 Å². The quantitative estimate of drug-likeness (QED) is 0.566. The van der Waals surface area contributed by atoms with Gasteiger partial charge < -0.3 is 14.5 Å². The van der Waals surface area contributed by atoms with E-state index in [0.29, 0.717) is 5.56 Å². The largest absolute Gasteiger partial charge is 0.453 e. The molecule has 0 aromatic heterocycles. The minimum atomic E-state index is -4.60. The maximum atomic E-state index is 13.7. The molecule has 0 radical (unpaired) electrons. The molecular formula is C19H23F3N4O5. The summed E-state index contributed by atoms with van der Waals surface area (Å²) in [4.78, 5) is 37.7. The summed E-state index contributed by atoms with van der Waals surface area (Å²) >= 11 is 0. The number of amides is 2. The van der Waals surface area contributed by atoms with Crippen LogP contribution in [0, 0.1) is 17.0 Å². The molecule has 12 heteroatoms. The average molecular weight is 444 g/mol. The van der Waals surface area contributed by atoms with E-state index in [9.17, 15) is 32.9 Å². The fraction of sp³-hybridized carbons (Fsp3) is 0.579. The van der Waals surface area contributed by atoms with Crippen molar-refractivity contribution in [1.82, 2.24) is 15.1 Å². The van der Waals surface area contributed by atoms with Gasteiger partial charge >= 0.3 is 12.3 Å². The van der Waals surface area contributed by atoms with Gasteiger partial charge in [-0.25, -0.2) is 4.79 Å². The van der Waals surface area contributed by atoms with Gasteiger partial charge in [0.2, 0.25) is 5.91 Å². The van der Waals surface area contributed by atoms with Crippen LogP contribution in [0.3, 0.4) is 0 Å². The number of benzene rings is 1. The first-order chi connectivity index (χ1) is 14.5. The van der Waals surface area contributed by atoms with E-state index in [1.165, 1.54) is 42.0 Å². The van der Waals surface area contributed by atoms with E-state index in [4.69, 9.17) is 0 Å². The van der Waals surface area contributed by atoms with Gasteiger partial charge in [-0.15, -0.1) is 0 Å². The summed E-state index contributed by atoms with van der Waals surface area (Å²) in [6, 6.07) is 0.901. The van der Waals surface area contributed by atoms with Crippen molar-refractivity contribution >= 4 is 17.7 Å². The Morgan fingerprint density at radius 1 is 1.19 bits per heavy atom. The summed E-state index contributed by atoms with van der Waals surface area (Å²) in [5.74, 6) is -1.51. The highest BCUT2D eigenvalue weighted by atomic mass is 19.4. The van der Waals surface area contributed by atoms with Gasteiger partial charge in [0.25, 0.3) is 5.69 Å². The van der Waals surface area contributed by atoms with Crippen molar-refractivity contribution in [1.29, 1.82) is 0 Å². The predicted octanol–water partition coefficient (Wildman–Crippen LogP) is 2.19. The first-order valence-electron chi connectivity index (χ1n) is 9.72. The molecule has 1 aromatic carbocycles. The molecule has 2 aliphatic rings. The summed E-state index contributed by atoms with van der Waals surface area (Å²) in [6.07, 6.45) is -5.20. The van der Waals surface area contributed by atoms with E-state index in [0.717, 1.165) is 0 Å². The Morgan fingerprint density at radius 2 is 1.81 bits per heavy atom. The van der Waals surface area contributed by atoms with Gasteiger partial charge in [-0.05, 0) is 25.0 Å². The molecule has 0 aliphatic carbocycles. The third-order valence-electron chi connectivity index (χ3n) is 5.79. The molecule has 170 valence electrons. The Morgan fingerprint density at radius 3 is 2.32 bits per heavy atom. The number of ether oxygens (including phenoxy) is 1. The molecule has 2 aliphatic heterocycles. The Bertz CT molecular complexity index is 871. The number of aryl methyl sites for hydroxylation is 1. The number of nitro groups is 1. The van der Waals surface area contributed by atoms with Crippen LogP contribution in [0.5, 0.6) is 0 Å². The fourth-order valence-electron chi connectivity index (χ4n) is 4.19. The number of hydrogen-bond donors (Lipinski definition) is 1. The summed E-state index contributed by atoms with van der Waals surface area (Å²) < 4.78 is 45.8. The van der Waals surface area contributed by atoms with Gasteiger partial charge in [0.15, 0.2) is 0 Å². The van der Waals surface area contributed by atoms with Gasteiger partial charge in [-0.1, -0.05) is 6.07 Å². The molecule has 2 amide bonds. The van der Waals surface area contributed by atoms with Crippen LogP contribution in [0.15, 0.2) is 18.2 Å². The zero-order valence-corrected chi connectivity index (χ0v) is 17.0. The van der Waals surface area contributed by atoms with Gasteiger partial charge in [0.05, 0.1) is 18.1 Å². The number of nitrogens with zero attached hydrogens (tertiary/aromatic N) is 3. The van der Waals surface area contributed by atoms with Crippen molar-refractivity contribution in [2.24, 2.45) is 0 Å². The highest BCUT2D eigenvalue weighted by Gasteiger charge is 2.52. The lowest BCUT2D eigenvalue weighted by atomic mass is 9.89. The van der Waals surface area contributed by atoms with Crippen LogP contribution < -0.4 is 5.32 Å². The molecule has 9 nitrogen and oxygen atoms in total. The number of halogens is 3. The lowest BCUT2D eigenvalue weighted by Gasteiger charge is -2.35. The lowest BCUT2D eigenvalue weighted by molar-refractivity contribution is -0.385. The normalized spacial score (nSPS) is 24.2. The van der Waals surface area contributed by atoms with Gasteiger partial charge in [0.1, 0.15) is 6.04 Å². The van der Waals surface area contributed by atoms with Crippen molar-refractivity contribution in [3.8, 4) is 0 Å². The third-order valence-corrected chi connectivity index (χ3v) is 5.79. The zero-order valence-electron chi connectivity index (χ0n) is 17.0. The lowest BCUT2D eigenvalue weighted by Crippen LogP contribution is -2.55. The second-order valence-electron chi connectivity index (χ2n) is 7.67. The summed E-state index contributed by atoms with van der Waals surface area (Å²) in [5, 5.41) is 13.4. The first-order valence-corrected chi connectivity index (χ1v) is 9.72. The van der Waals surface area contributed by atoms with Crippen molar-refractivity contribution < 1.29 is 32.4 Å². The summed E-state index contributed by atoms with van der Waals surface area (Å²) in [7, 11) is 1.25. The number of piperazine rings is 1. The van der Waals surface area contributed by atoms with Crippen LogP contribution >= 0.6 is 0 Å². The van der Waals surface area contributed by atoms with Crippen LogP contribution in [0.25, 0.3) is 0 Å². The van der Waals surface area contributed by atoms with Crippen LogP contribution in [-0.2, 0) is 9.53 Å². The molecule has 2 fully saturated rings. The third kappa shape index (κ3) is 4.73. The van der Waals surface area contributed by atoms with Crippen LogP contribution in [0.2, 0.25) is 0 Å². The molecule has 1 N–H and O–H groups in total. The Kier molecular flexibility index (Phi) is 6.39. The highest BCUT2D eigenvalue weighted by molar-refractivity contribution is 5.83. The Labute approximate surface area is 176 Å². The molecule has 1 aromatic rings. The van der Waals surface area contributed by atoms with Crippen LogP contribution in [-0.4, -0.2) is 78.3 Å². The predicted molar refractivity (Wildman–Crippen MR) is 103 cm³/mol. The molecule has 0 bridgehead atoms.